The van der Waals surface area contributed by atoms with Crippen molar-refractivity contribution < 1.29 is 5.11 Å². The molecule has 1 heterocycles. The van der Waals surface area contributed by atoms with Crippen LogP contribution < -0.4 is 0 Å². The molecule has 16 heavy (non-hydrogen) atoms. The van der Waals surface area contributed by atoms with Crippen molar-refractivity contribution in [2.24, 2.45) is 0 Å². The number of rotatable bonds is 2. The minimum atomic E-state index is -0.932. The molecule has 0 aliphatic carbocycles. The molecular formula is C14H18OS. The van der Waals surface area contributed by atoms with Crippen LogP contribution in [0.5, 0.6) is 0 Å². The molecule has 1 N–H and O–H groups in total. The maximum Gasteiger partial charge on any atom is 0.105 e. The van der Waals surface area contributed by atoms with E-state index in [1.54, 1.807) is 13.0 Å². The summed E-state index contributed by atoms with van der Waals surface area (Å²) in [6.07, 6.45) is 1.59. The van der Waals surface area contributed by atoms with Crippen molar-refractivity contribution in [1.29, 1.82) is 0 Å². The van der Waals surface area contributed by atoms with Crippen LogP contribution in [0.25, 0.3) is 0 Å². The Morgan fingerprint density at radius 1 is 1.50 bits per heavy atom. The lowest BCUT2D eigenvalue weighted by Gasteiger charge is -2.23. The van der Waals surface area contributed by atoms with Crippen molar-refractivity contribution >= 4 is 11.8 Å². The largest absolute Gasteiger partial charge is 0.381 e. The monoisotopic (exact) mass is 234 g/mol. The van der Waals surface area contributed by atoms with Gasteiger partial charge >= 0.3 is 0 Å². The summed E-state index contributed by atoms with van der Waals surface area (Å²) >= 11 is 1.89. The number of aliphatic hydroxyl groups is 1. The van der Waals surface area contributed by atoms with E-state index in [-0.39, 0.29) is 5.41 Å². The molecule has 0 spiro atoms. The van der Waals surface area contributed by atoms with E-state index >= 15 is 0 Å². The lowest BCUT2D eigenvalue weighted by Crippen LogP contribution is -2.20. The summed E-state index contributed by atoms with van der Waals surface area (Å²) in [6.45, 7) is 9.95. The number of thioether (sulfide) groups is 1. The second-order valence-electron chi connectivity index (χ2n) is 5.24. The fraction of sp³-hybridized carbons (Fsp3) is 0.429. The minimum Gasteiger partial charge on any atom is -0.381 e. The van der Waals surface area contributed by atoms with Gasteiger partial charge < -0.3 is 5.11 Å². The molecular weight excluding hydrogens is 216 g/mol. The van der Waals surface area contributed by atoms with Gasteiger partial charge in [-0.15, -0.1) is 11.8 Å². The number of benzene rings is 1. The summed E-state index contributed by atoms with van der Waals surface area (Å²) in [5, 5.41) is 10.2. The predicted octanol–water partition coefficient (Wildman–Crippen LogP) is 3.46. The summed E-state index contributed by atoms with van der Waals surface area (Å²) in [7, 11) is 0. The lowest BCUT2D eigenvalue weighted by atomic mass is 9.84. The van der Waals surface area contributed by atoms with Crippen LogP contribution in [0.3, 0.4) is 0 Å². The first-order valence-corrected chi connectivity index (χ1v) is 6.49. The molecule has 0 aromatic heterocycles. The predicted molar refractivity (Wildman–Crippen MR) is 70.0 cm³/mol. The van der Waals surface area contributed by atoms with Crippen molar-refractivity contribution in [3.63, 3.8) is 0 Å². The van der Waals surface area contributed by atoms with Crippen LogP contribution >= 0.6 is 11.8 Å². The van der Waals surface area contributed by atoms with Crippen LogP contribution in [0.15, 0.2) is 35.7 Å². The van der Waals surface area contributed by atoms with Crippen LogP contribution in [0.1, 0.15) is 31.9 Å². The zero-order chi connectivity index (χ0) is 12.0. The first-order valence-electron chi connectivity index (χ1n) is 5.50. The average Bonchev–Trinajstić information content (AvgIpc) is 2.55. The third-order valence-electron chi connectivity index (χ3n) is 3.28. The van der Waals surface area contributed by atoms with E-state index in [0.29, 0.717) is 0 Å². The van der Waals surface area contributed by atoms with Crippen LogP contribution in [-0.2, 0) is 11.0 Å². The van der Waals surface area contributed by atoms with Gasteiger partial charge in [-0.05, 0) is 24.1 Å². The first-order chi connectivity index (χ1) is 7.37. The molecule has 0 radical (unpaired) electrons. The quantitative estimate of drug-likeness (QED) is 0.791. The van der Waals surface area contributed by atoms with E-state index in [9.17, 15) is 5.11 Å². The van der Waals surface area contributed by atoms with Crippen molar-refractivity contribution in [2.45, 2.75) is 36.7 Å². The van der Waals surface area contributed by atoms with Gasteiger partial charge in [-0.3, -0.25) is 0 Å². The molecule has 1 aromatic rings. The van der Waals surface area contributed by atoms with Gasteiger partial charge in [0.05, 0.1) is 0 Å². The Hall–Kier alpha value is -0.730. The minimum absolute atomic E-state index is 0.202. The van der Waals surface area contributed by atoms with Gasteiger partial charge in [-0.2, -0.15) is 0 Å². The van der Waals surface area contributed by atoms with Gasteiger partial charge in [0.2, 0.25) is 0 Å². The molecule has 1 aromatic carbocycles. The first kappa shape index (κ1) is 11.7. The molecule has 1 aliphatic rings. The molecule has 2 heteroatoms. The Morgan fingerprint density at radius 3 is 2.81 bits per heavy atom. The Morgan fingerprint density at radius 2 is 2.19 bits per heavy atom. The van der Waals surface area contributed by atoms with Gasteiger partial charge in [0.15, 0.2) is 0 Å². The van der Waals surface area contributed by atoms with Gasteiger partial charge in [0.1, 0.15) is 5.60 Å². The molecule has 0 fully saturated rings. The normalized spacial score (nSPS) is 21.2. The van der Waals surface area contributed by atoms with Gasteiger partial charge in [-0.25, -0.2) is 0 Å². The van der Waals surface area contributed by atoms with E-state index in [1.807, 2.05) is 17.8 Å². The van der Waals surface area contributed by atoms with Crippen LogP contribution in [0.4, 0.5) is 0 Å². The number of hydrogen-bond acceptors (Lipinski definition) is 2. The lowest BCUT2D eigenvalue weighted by molar-refractivity contribution is 0.111. The van der Waals surface area contributed by atoms with Gasteiger partial charge in [0.25, 0.3) is 0 Å². The topological polar surface area (TPSA) is 20.2 Å². The van der Waals surface area contributed by atoms with Crippen molar-refractivity contribution in [3.8, 4) is 0 Å². The third kappa shape index (κ3) is 1.80. The van der Waals surface area contributed by atoms with Gasteiger partial charge in [-0.1, -0.05) is 38.6 Å². The van der Waals surface area contributed by atoms with Gasteiger partial charge in [0, 0.05) is 16.1 Å². The summed E-state index contributed by atoms with van der Waals surface area (Å²) in [4.78, 5) is 1.34. The Labute approximate surface area is 102 Å². The molecule has 0 amide bonds. The van der Waals surface area contributed by atoms with E-state index < -0.39 is 5.60 Å². The van der Waals surface area contributed by atoms with E-state index in [4.69, 9.17) is 0 Å². The zero-order valence-electron chi connectivity index (χ0n) is 10.1. The molecule has 86 valence electrons. The van der Waals surface area contributed by atoms with E-state index in [1.165, 1.54) is 10.5 Å². The second kappa shape index (κ2) is 3.64. The van der Waals surface area contributed by atoms with Crippen molar-refractivity contribution in [1.82, 2.24) is 0 Å². The molecule has 1 nitrogen and oxygen atoms in total. The third-order valence-corrected chi connectivity index (χ3v) is 4.81. The smallest absolute Gasteiger partial charge is 0.105 e. The molecule has 1 atom stereocenters. The molecule has 0 bridgehead atoms. The Kier molecular flexibility index (Phi) is 2.67. The van der Waals surface area contributed by atoms with Crippen molar-refractivity contribution in [3.05, 3.63) is 42.0 Å². The highest BCUT2D eigenvalue weighted by Crippen LogP contribution is 2.44. The highest BCUT2D eigenvalue weighted by atomic mass is 32.2. The van der Waals surface area contributed by atoms with E-state index in [2.05, 4.69) is 32.6 Å². The van der Waals surface area contributed by atoms with Crippen LogP contribution in [-0.4, -0.2) is 10.9 Å². The average molecular weight is 234 g/mol. The summed E-state index contributed by atoms with van der Waals surface area (Å²) in [5.41, 5.74) is 1.54. The Bertz CT molecular complexity index is 432. The molecule has 0 saturated carbocycles. The molecule has 1 aliphatic heterocycles. The fourth-order valence-electron chi connectivity index (χ4n) is 1.95. The fourth-order valence-corrected chi connectivity index (χ4v) is 3.28. The highest BCUT2D eigenvalue weighted by Gasteiger charge is 2.32. The van der Waals surface area contributed by atoms with E-state index in [0.717, 1.165) is 11.3 Å². The Balaban J connectivity index is 2.51. The maximum atomic E-state index is 10.2. The molecule has 2 rings (SSSR count). The van der Waals surface area contributed by atoms with Crippen LogP contribution in [0, 0.1) is 0 Å². The summed E-state index contributed by atoms with van der Waals surface area (Å²) < 4.78 is 0. The second-order valence-corrected chi connectivity index (χ2v) is 6.25. The SMILES string of the molecule is C=CC(C)(O)c1ccc2c(c1)C(C)(C)CS2. The summed E-state index contributed by atoms with van der Waals surface area (Å²) in [5.74, 6) is 1.11. The van der Waals surface area contributed by atoms with Crippen LogP contribution in [0.2, 0.25) is 0 Å². The number of fused-ring (bicyclic) bond motifs is 1. The molecule has 1 unspecified atom stereocenters. The molecule has 0 saturated heterocycles. The maximum absolute atomic E-state index is 10.2. The number of hydrogen-bond donors (Lipinski definition) is 1. The highest BCUT2D eigenvalue weighted by molar-refractivity contribution is 7.99. The summed E-state index contributed by atoms with van der Waals surface area (Å²) in [6, 6.07) is 6.23. The zero-order valence-corrected chi connectivity index (χ0v) is 10.9. The van der Waals surface area contributed by atoms with Crippen molar-refractivity contribution in [2.75, 3.05) is 5.75 Å². The standard InChI is InChI=1S/C14H18OS/c1-5-14(4,15)10-6-7-12-11(8-10)13(2,3)9-16-12/h5-8,15H,1,9H2,2-4H3.